The number of benzene rings is 2. The summed E-state index contributed by atoms with van der Waals surface area (Å²) in [6.45, 7) is 1.87. The number of hydrogen-bond acceptors (Lipinski definition) is 5. The van der Waals surface area contributed by atoms with Crippen molar-refractivity contribution in [3.63, 3.8) is 0 Å². The van der Waals surface area contributed by atoms with Crippen LogP contribution in [-0.2, 0) is 13.1 Å². The fraction of sp³-hybridized carbons (Fsp3) is 0.148. The Morgan fingerprint density at radius 2 is 1.29 bits per heavy atom. The molecule has 4 heterocycles. The standard InChI is InChI=1S/C27H21N3O4/c31-26-20-15-21-23(28-22(20)8-10-29(26)16-18-4-2-1-3-5-18)9-11-30(27(21)32)17-19-6-7-24-25(14-19)34-13-12-33-24/h1-11,14-15H,12-13,16-17H2. The van der Waals surface area contributed by atoms with Crippen LogP contribution in [0.5, 0.6) is 11.5 Å². The minimum absolute atomic E-state index is 0.169. The zero-order chi connectivity index (χ0) is 23.1. The SMILES string of the molecule is O=c1c2cc3c(=O)n(Cc4ccc5c(c4)OCCO5)ccc3nc2ccn1Cc1ccccc1. The van der Waals surface area contributed by atoms with Crippen molar-refractivity contribution in [1.29, 1.82) is 0 Å². The van der Waals surface area contributed by atoms with Crippen LogP contribution in [0.25, 0.3) is 21.8 Å². The molecule has 0 fully saturated rings. The molecule has 0 unspecified atom stereocenters. The van der Waals surface area contributed by atoms with Crippen molar-refractivity contribution in [1.82, 2.24) is 14.1 Å². The second-order valence-corrected chi connectivity index (χ2v) is 8.32. The van der Waals surface area contributed by atoms with E-state index in [1.807, 2.05) is 60.7 Å². The van der Waals surface area contributed by atoms with E-state index in [1.54, 1.807) is 27.6 Å². The monoisotopic (exact) mass is 451 g/mol. The Hall–Kier alpha value is -4.39. The molecule has 168 valence electrons. The van der Waals surface area contributed by atoms with Crippen molar-refractivity contribution in [3.05, 3.63) is 111 Å². The molecule has 7 heteroatoms. The molecule has 0 radical (unpaired) electrons. The first-order valence-corrected chi connectivity index (χ1v) is 11.1. The summed E-state index contributed by atoms with van der Waals surface area (Å²) < 4.78 is 14.5. The molecule has 0 saturated carbocycles. The van der Waals surface area contributed by atoms with Gasteiger partial charge in [0, 0.05) is 12.4 Å². The van der Waals surface area contributed by atoms with Crippen LogP contribution < -0.4 is 20.6 Å². The molecule has 0 N–H and O–H groups in total. The van der Waals surface area contributed by atoms with Crippen LogP contribution in [0.4, 0.5) is 0 Å². The largest absolute Gasteiger partial charge is 0.486 e. The molecule has 0 amide bonds. The second-order valence-electron chi connectivity index (χ2n) is 8.32. The number of ether oxygens (including phenoxy) is 2. The summed E-state index contributed by atoms with van der Waals surface area (Å²) in [6.07, 6.45) is 3.48. The van der Waals surface area contributed by atoms with Gasteiger partial charge in [-0.1, -0.05) is 36.4 Å². The molecule has 6 rings (SSSR count). The van der Waals surface area contributed by atoms with Crippen LogP contribution >= 0.6 is 0 Å². The Kier molecular flexibility index (Phi) is 4.87. The van der Waals surface area contributed by atoms with Crippen LogP contribution in [0.1, 0.15) is 11.1 Å². The molecule has 0 aliphatic carbocycles. The van der Waals surface area contributed by atoms with Crippen LogP contribution in [-0.4, -0.2) is 27.3 Å². The lowest BCUT2D eigenvalue weighted by molar-refractivity contribution is 0.171. The summed E-state index contributed by atoms with van der Waals surface area (Å²) in [5.41, 5.74) is 2.73. The zero-order valence-corrected chi connectivity index (χ0v) is 18.3. The molecular weight excluding hydrogens is 430 g/mol. The van der Waals surface area contributed by atoms with Crippen LogP contribution in [0.3, 0.4) is 0 Å². The van der Waals surface area contributed by atoms with E-state index in [0.29, 0.717) is 59.6 Å². The van der Waals surface area contributed by atoms with E-state index in [2.05, 4.69) is 4.98 Å². The van der Waals surface area contributed by atoms with Crippen LogP contribution in [0, 0.1) is 0 Å². The zero-order valence-electron chi connectivity index (χ0n) is 18.3. The highest BCUT2D eigenvalue weighted by atomic mass is 16.6. The smallest absolute Gasteiger partial charge is 0.260 e. The van der Waals surface area contributed by atoms with E-state index in [4.69, 9.17) is 9.47 Å². The van der Waals surface area contributed by atoms with Gasteiger partial charge in [0.1, 0.15) is 13.2 Å². The summed E-state index contributed by atoms with van der Waals surface area (Å²) in [6, 6.07) is 20.8. The molecule has 0 saturated heterocycles. The highest BCUT2D eigenvalue weighted by molar-refractivity contribution is 5.91. The molecular formula is C27H21N3O4. The van der Waals surface area contributed by atoms with Gasteiger partial charge >= 0.3 is 0 Å². The number of pyridine rings is 3. The Morgan fingerprint density at radius 1 is 0.676 bits per heavy atom. The van der Waals surface area contributed by atoms with E-state index in [9.17, 15) is 9.59 Å². The van der Waals surface area contributed by atoms with Crippen molar-refractivity contribution in [2.45, 2.75) is 13.1 Å². The quantitative estimate of drug-likeness (QED) is 0.391. The molecule has 34 heavy (non-hydrogen) atoms. The highest BCUT2D eigenvalue weighted by Gasteiger charge is 2.14. The van der Waals surface area contributed by atoms with Crippen molar-refractivity contribution >= 4 is 21.8 Å². The first-order valence-electron chi connectivity index (χ1n) is 11.1. The second kappa shape index (κ2) is 8.19. The average Bonchev–Trinajstić information content (AvgIpc) is 2.87. The summed E-state index contributed by atoms with van der Waals surface area (Å²) in [5, 5.41) is 0.849. The van der Waals surface area contributed by atoms with E-state index < -0.39 is 0 Å². The van der Waals surface area contributed by atoms with Crippen molar-refractivity contribution < 1.29 is 9.47 Å². The first-order chi connectivity index (χ1) is 16.7. The van der Waals surface area contributed by atoms with E-state index >= 15 is 0 Å². The van der Waals surface area contributed by atoms with Gasteiger partial charge in [-0.3, -0.25) is 9.59 Å². The Labute approximate surface area is 194 Å². The predicted molar refractivity (Wildman–Crippen MR) is 130 cm³/mol. The predicted octanol–water partition coefficient (Wildman–Crippen LogP) is 3.58. The van der Waals surface area contributed by atoms with Gasteiger partial charge in [-0.05, 0) is 41.5 Å². The number of aromatic nitrogens is 3. The lowest BCUT2D eigenvalue weighted by Crippen LogP contribution is -2.23. The van der Waals surface area contributed by atoms with E-state index in [1.165, 1.54) is 0 Å². The topological polar surface area (TPSA) is 75.3 Å². The van der Waals surface area contributed by atoms with Crippen LogP contribution in [0.15, 0.2) is 88.7 Å². The van der Waals surface area contributed by atoms with Gasteiger partial charge in [0.25, 0.3) is 11.1 Å². The fourth-order valence-corrected chi connectivity index (χ4v) is 4.32. The molecule has 1 aliphatic heterocycles. The van der Waals surface area contributed by atoms with Gasteiger partial charge in [-0.2, -0.15) is 0 Å². The van der Waals surface area contributed by atoms with E-state index in [-0.39, 0.29) is 11.1 Å². The Balaban J connectivity index is 1.40. The number of fused-ring (bicyclic) bond motifs is 3. The fourth-order valence-electron chi connectivity index (χ4n) is 4.32. The molecule has 2 aromatic carbocycles. The van der Waals surface area contributed by atoms with Gasteiger partial charge in [0.2, 0.25) is 0 Å². The first kappa shape index (κ1) is 20.2. The normalized spacial score (nSPS) is 12.8. The minimum Gasteiger partial charge on any atom is -0.486 e. The molecule has 5 aromatic rings. The Bertz CT molecular complexity index is 1650. The number of hydrogen-bond donors (Lipinski definition) is 0. The summed E-state index contributed by atoms with van der Waals surface area (Å²) in [4.78, 5) is 31.1. The van der Waals surface area contributed by atoms with Gasteiger partial charge in [-0.15, -0.1) is 0 Å². The van der Waals surface area contributed by atoms with Crippen molar-refractivity contribution in [2.75, 3.05) is 13.2 Å². The Morgan fingerprint density at radius 3 is 1.97 bits per heavy atom. The lowest BCUT2D eigenvalue weighted by atomic mass is 10.1. The third-order valence-electron chi connectivity index (χ3n) is 6.04. The number of nitrogens with zero attached hydrogens (tertiary/aromatic N) is 3. The lowest BCUT2D eigenvalue weighted by Gasteiger charge is -2.19. The van der Waals surface area contributed by atoms with Gasteiger partial charge in [0.05, 0.1) is 34.9 Å². The number of rotatable bonds is 4. The maximum absolute atomic E-state index is 13.3. The van der Waals surface area contributed by atoms with Crippen LogP contribution in [0.2, 0.25) is 0 Å². The summed E-state index contributed by atoms with van der Waals surface area (Å²) in [7, 11) is 0. The summed E-state index contributed by atoms with van der Waals surface area (Å²) >= 11 is 0. The molecule has 3 aromatic heterocycles. The summed E-state index contributed by atoms with van der Waals surface area (Å²) in [5.74, 6) is 1.40. The molecule has 0 atom stereocenters. The van der Waals surface area contributed by atoms with E-state index in [0.717, 1.165) is 11.1 Å². The molecule has 7 nitrogen and oxygen atoms in total. The average molecular weight is 451 g/mol. The highest BCUT2D eigenvalue weighted by Crippen LogP contribution is 2.31. The third kappa shape index (κ3) is 3.61. The van der Waals surface area contributed by atoms with Gasteiger partial charge in [0.15, 0.2) is 11.5 Å². The van der Waals surface area contributed by atoms with Crippen molar-refractivity contribution in [3.8, 4) is 11.5 Å². The minimum atomic E-state index is -0.195. The molecule has 0 bridgehead atoms. The van der Waals surface area contributed by atoms with Gasteiger partial charge < -0.3 is 18.6 Å². The molecule has 1 aliphatic rings. The maximum atomic E-state index is 13.3. The van der Waals surface area contributed by atoms with Gasteiger partial charge in [-0.25, -0.2) is 4.98 Å². The maximum Gasteiger partial charge on any atom is 0.260 e. The van der Waals surface area contributed by atoms with Crippen molar-refractivity contribution in [2.24, 2.45) is 0 Å². The third-order valence-corrected chi connectivity index (χ3v) is 6.04. The molecule has 0 spiro atoms.